The average Bonchev–Trinajstić information content (AvgIpc) is 2.64. The number of rotatable bonds is 8. The molecule has 148 valence electrons. The van der Waals surface area contributed by atoms with Gasteiger partial charge >= 0.3 is 0 Å². The molecule has 0 atom stereocenters. The van der Waals surface area contributed by atoms with E-state index in [2.05, 4.69) is 46.5 Å². The van der Waals surface area contributed by atoms with Crippen molar-refractivity contribution < 1.29 is 9.47 Å². The number of aliphatic imine (C=N–C) groups is 1. The highest BCUT2D eigenvalue weighted by atomic mass is 127. The smallest absolute Gasteiger partial charge is 0.191 e. The van der Waals surface area contributed by atoms with E-state index in [1.807, 2.05) is 12.1 Å². The number of guanidine groups is 1. The summed E-state index contributed by atoms with van der Waals surface area (Å²) in [6, 6.07) is 8.23. The van der Waals surface area contributed by atoms with Gasteiger partial charge in [-0.15, -0.1) is 24.0 Å². The molecule has 7 heteroatoms. The molecule has 6 nitrogen and oxygen atoms in total. The van der Waals surface area contributed by atoms with Crippen molar-refractivity contribution in [3.05, 3.63) is 29.8 Å². The zero-order valence-corrected chi connectivity index (χ0v) is 18.5. The highest BCUT2D eigenvalue weighted by Crippen LogP contribution is 2.25. The first kappa shape index (κ1) is 23.0. The number of ether oxygens (including phenoxy) is 2. The third-order valence-electron chi connectivity index (χ3n) is 4.24. The van der Waals surface area contributed by atoms with E-state index in [0.717, 1.165) is 51.1 Å². The molecule has 0 spiro atoms. The maximum atomic E-state index is 5.93. The Bertz CT molecular complexity index is 534. The minimum absolute atomic E-state index is 0. The molecule has 0 amide bonds. The molecule has 1 aliphatic rings. The van der Waals surface area contributed by atoms with Gasteiger partial charge in [0.25, 0.3) is 0 Å². The van der Waals surface area contributed by atoms with E-state index < -0.39 is 0 Å². The van der Waals surface area contributed by atoms with Gasteiger partial charge in [0.15, 0.2) is 5.96 Å². The van der Waals surface area contributed by atoms with Crippen LogP contribution in [0.4, 0.5) is 0 Å². The molecule has 0 radical (unpaired) electrons. The number of nitrogens with zero attached hydrogens (tertiary/aromatic N) is 2. The highest BCUT2D eigenvalue weighted by Gasteiger charge is 2.10. The van der Waals surface area contributed by atoms with Crippen molar-refractivity contribution in [3.63, 3.8) is 0 Å². The van der Waals surface area contributed by atoms with Crippen LogP contribution in [-0.2, 0) is 4.74 Å². The molecule has 0 aromatic heterocycles. The van der Waals surface area contributed by atoms with Crippen LogP contribution in [0.3, 0.4) is 0 Å². The molecule has 26 heavy (non-hydrogen) atoms. The molecule has 1 aromatic carbocycles. The summed E-state index contributed by atoms with van der Waals surface area (Å²) in [7, 11) is 1.79. The van der Waals surface area contributed by atoms with Crippen LogP contribution in [0.1, 0.15) is 25.3 Å². The normalized spacial score (nSPS) is 15.5. The van der Waals surface area contributed by atoms with Crippen molar-refractivity contribution in [3.8, 4) is 5.75 Å². The molecule has 1 aromatic rings. The van der Waals surface area contributed by atoms with Gasteiger partial charge in [-0.2, -0.15) is 0 Å². The second-order valence-corrected chi connectivity index (χ2v) is 6.42. The first-order valence-electron chi connectivity index (χ1n) is 9.17. The van der Waals surface area contributed by atoms with Crippen LogP contribution in [0.15, 0.2) is 29.3 Å². The number of hydrogen-bond donors (Lipinski definition) is 2. The van der Waals surface area contributed by atoms with Gasteiger partial charge < -0.3 is 20.1 Å². The number of para-hydroxylation sites is 1. The Balaban J connectivity index is 0.00000338. The molecular formula is C19H33IN4O2. The molecular weight excluding hydrogens is 443 g/mol. The van der Waals surface area contributed by atoms with Crippen molar-refractivity contribution in [2.75, 3.05) is 59.6 Å². The highest BCUT2D eigenvalue weighted by molar-refractivity contribution is 14.0. The first-order chi connectivity index (χ1) is 12.2. The van der Waals surface area contributed by atoms with Gasteiger partial charge in [0, 0.05) is 33.2 Å². The molecule has 1 aliphatic heterocycles. The standard InChI is InChI=1S/C19H32N4O2.HI/c1-16(2)17-6-4-5-7-18(17)25-13-9-22-19(20-3)21-8-10-23-11-14-24-15-12-23;/h4-7,16H,8-15H2,1-3H3,(H2,20,21,22);1H. The Morgan fingerprint density at radius 3 is 2.58 bits per heavy atom. The molecule has 1 heterocycles. The zero-order chi connectivity index (χ0) is 17.9. The summed E-state index contributed by atoms with van der Waals surface area (Å²) >= 11 is 0. The minimum Gasteiger partial charge on any atom is -0.491 e. The van der Waals surface area contributed by atoms with Crippen LogP contribution < -0.4 is 15.4 Å². The molecule has 1 fully saturated rings. The summed E-state index contributed by atoms with van der Waals surface area (Å²) in [6.45, 7) is 11.2. The fraction of sp³-hybridized carbons (Fsp3) is 0.632. The number of morpholine rings is 1. The summed E-state index contributed by atoms with van der Waals surface area (Å²) in [4.78, 5) is 6.66. The number of halogens is 1. The van der Waals surface area contributed by atoms with E-state index in [0.29, 0.717) is 19.1 Å². The van der Waals surface area contributed by atoms with E-state index in [1.165, 1.54) is 5.56 Å². The van der Waals surface area contributed by atoms with Gasteiger partial charge in [0.1, 0.15) is 12.4 Å². The number of benzene rings is 1. The predicted octanol–water partition coefficient (Wildman–Crippen LogP) is 2.30. The van der Waals surface area contributed by atoms with Crippen LogP contribution in [0.2, 0.25) is 0 Å². The quantitative estimate of drug-likeness (QED) is 0.261. The van der Waals surface area contributed by atoms with Gasteiger partial charge in [0.05, 0.1) is 19.8 Å². The van der Waals surface area contributed by atoms with Crippen molar-refractivity contribution in [2.24, 2.45) is 4.99 Å². The van der Waals surface area contributed by atoms with Gasteiger partial charge in [-0.25, -0.2) is 0 Å². The summed E-state index contributed by atoms with van der Waals surface area (Å²) in [5, 5.41) is 6.64. The third kappa shape index (κ3) is 8.09. The lowest BCUT2D eigenvalue weighted by Gasteiger charge is -2.26. The van der Waals surface area contributed by atoms with Gasteiger partial charge in [-0.05, 0) is 17.5 Å². The average molecular weight is 476 g/mol. The SMILES string of the molecule is CN=C(NCCOc1ccccc1C(C)C)NCCN1CCOCC1.I. The summed E-state index contributed by atoms with van der Waals surface area (Å²) in [6.07, 6.45) is 0. The van der Waals surface area contributed by atoms with Crippen LogP contribution in [-0.4, -0.2) is 70.5 Å². The Morgan fingerprint density at radius 2 is 1.88 bits per heavy atom. The number of nitrogens with one attached hydrogen (secondary N) is 2. The fourth-order valence-electron chi connectivity index (χ4n) is 2.80. The molecule has 0 aliphatic carbocycles. The van der Waals surface area contributed by atoms with Gasteiger partial charge in [0.2, 0.25) is 0 Å². The van der Waals surface area contributed by atoms with Crippen LogP contribution in [0, 0.1) is 0 Å². The van der Waals surface area contributed by atoms with Gasteiger partial charge in [-0.3, -0.25) is 9.89 Å². The zero-order valence-electron chi connectivity index (χ0n) is 16.2. The van der Waals surface area contributed by atoms with Crippen molar-refractivity contribution in [1.29, 1.82) is 0 Å². The van der Waals surface area contributed by atoms with Crippen molar-refractivity contribution >= 4 is 29.9 Å². The Morgan fingerprint density at radius 1 is 1.19 bits per heavy atom. The maximum absolute atomic E-state index is 5.93. The van der Waals surface area contributed by atoms with E-state index in [1.54, 1.807) is 7.05 Å². The lowest BCUT2D eigenvalue weighted by molar-refractivity contribution is 0.0389. The molecule has 0 unspecified atom stereocenters. The minimum atomic E-state index is 0. The van der Waals surface area contributed by atoms with Crippen molar-refractivity contribution in [2.45, 2.75) is 19.8 Å². The van der Waals surface area contributed by atoms with E-state index >= 15 is 0 Å². The molecule has 0 saturated carbocycles. The Labute approximate surface area is 174 Å². The summed E-state index contributed by atoms with van der Waals surface area (Å²) < 4.78 is 11.3. The van der Waals surface area contributed by atoms with E-state index in [4.69, 9.17) is 9.47 Å². The lowest BCUT2D eigenvalue weighted by atomic mass is 10.0. The van der Waals surface area contributed by atoms with E-state index in [9.17, 15) is 0 Å². The second-order valence-electron chi connectivity index (χ2n) is 6.42. The fourth-order valence-corrected chi connectivity index (χ4v) is 2.80. The first-order valence-corrected chi connectivity index (χ1v) is 9.17. The molecule has 2 N–H and O–H groups in total. The second kappa shape index (κ2) is 13.2. The van der Waals surface area contributed by atoms with Crippen LogP contribution in [0.25, 0.3) is 0 Å². The maximum Gasteiger partial charge on any atom is 0.191 e. The molecule has 0 bridgehead atoms. The Hall–Kier alpha value is -1.06. The van der Waals surface area contributed by atoms with Gasteiger partial charge in [-0.1, -0.05) is 32.0 Å². The summed E-state index contributed by atoms with van der Waals surface area (Å²) in [5.41, 5.74) is 1.25. The van der Waals surface area contributed by atoms with E-state index in [-0.39, 0.29) is 24.0 Å². The third-order valence-corrected chi connectivity index (χ3v) is 4.24. The largest absolute Gasteiger partial charge is 0.491 e. The predicted molar refractivity (Wildman–Crippen MR) is 118 cm³/mol. The van der Waals surface area contributed by atoms with Crippen molar-refractivity contribution in [1.82, 2.24) is 15.5 Å². The lowest BCUT2D eigenvalue weighted by Crippen LogP contribution is -2.45. The molecule has 1 saturated heterocycles. The topological polar surface area (TPSA) is 58.1 Å². The number of hydrogen-bond acceptors (Lipinski definition) is 4. The monoisotopic (exact) mass is 476 g/mol. The van der Waals surface area contributed by atoms with Crippen LogP contribution in [0.5, 0.6) is 5.75 Å². The summed E-state index contributed by atoms with van der Waals surface area (Å²) in [5.74, 6) is 2.24. The molecule has 2 rings (SSSR count). The Kier molecular flexibility index (Phi) is 11.6. The van der Waals surface area contributed by atoms with Crippen LogP contribution >= 0.6 is 24.0 Å².